The molecule has 0 radical (unpaired) electrons. The van der Waals surface area contributed by atoms with Gasteiger partial charge in [0, 0.05) is 6.07 Å². The number of hydrogen-bond donors (Lipinski definition) is 1. The molecule has 0 spiro atoms. The summed E-state index contributed by atoms with van der Waals surface area (Å²) in [5.74, 6) is -0.539. The van der Waals surface area contributed by atoms with E-state index in [9.17, 15) is 14.3 Å². The summed E-state index contributed by atoms with van der Waals surface area (Å²) in [5.41, 5.74) is -0.609. The van der Waals surface area contributed by atoms with Crippen molar-refractivity contribution in [1.82, 2.24) is 0 Å². The highest BCUT2D eigenvalue weighted by Crippen LogP contribution is 2.42. The highest BCUT2D eigenvalue weighted by Gasteiger charge is 2.47. The summed E-state index contributed by atoms with van der Waals surface area (Å²) in [5, 5.41) is 19.7. The highest BCUT2D eigenvalue weighted by molar-refractivity contribution is 6.26. The van der Waals surface area contributed by atoms with Gasteiger partial charge in [-0.25, -0.2) is 4.39 Å². The minimum Gasteiger partial charge on any atom is -0.508 e. The van der Waals surface area contributed by atoms with Crippen LogP contribution in [-0.4, -0.2) is 22.1 Å². The Morgan fingerprint density at radius 1 is 1.10 bits per heavy atom. The lowest BCUT2D eigenvalue weighted by Gasteiger charge is -2.40. The summed E-state index contributed by atoms with van der Waals surface area (Å²) in [4.78, 5) is 13.1. The molecule has 0 saturated carbocycles. The zero-order chi connectivity index (χ0) is 22.3. The topological polar surface area (TPSA) is 79.6 Å². The fraction of sp³-hybridized carbons (Fsp3) is 0.333. The Balaban J connectivity index is 2.10. The number of carbonyl (C=O) groups excluding carboxylic acids is 1. The van der Waals surface area contributed by atoms with Gasteiger partial charge in [0.2, 0.25) is 0 Å². The first-order valence-corrected chi connectivity index (χ1v) is 9.69. The molecule has 5 nitrogen and oxygen atoms in total. The SMILES string of the molecule is CCc1ccc(Oc2ccc(C#N)c(F)c2)cc1C1=C(O)C(C)(C)OC(C)(C)C1=O. The van der Waals surface area contributed by atoms with Crippen LogP contribution in [0.1, 0.15) is 51.3 Å². The quantitative estimate of drug-likeness (QED) is 0.723. The number of ketones is 1. The molecule has 0 fully saturated rings. The van der Waals surface area contributed by atoms with Crippen molar-refractivity contribution in [3.8, 4) is 17.6 Å². The van der Waals surface area contributed by atoms with Crippen LogP contribution in [0.25, 0.3) is 5.57 Å². The number of Topliss-reactive ketones (excluding diaryl/α,β-unsaturated/α-hetero) is 1. The number of benzene rings is 2. The molecule has 0 unspecified atom stereocenters. The Hall–Kier alpha value is -3.17. The monoisotopic (exact) mass is 409 g/mol. The molecule has 0 aromatic heterocycles. The minimum atomic E-state index is -1.11. The predicted molar refractivity (Wildman–Crippen MR) is 111 cm³/mol. The van der Waals surface area contributed by atoms with Gasteiger partial charge < -0.3 is 14.6 Å². The molecule has 0 aliphatic carbocycles. The molecule has 1 aliphatic heterocycles. The molecule has 1 aliphatic rings. The van der Waals surface area contributed by atoms with Gasteiger partial charge in [0.25, 0.3) is 0 Å². The van der Waals surface area contributed by atoms with Crippen molar-refractivity contribution < 1.29 is 23.8 Å². The Morgan fingerprint density at radius 3 is 2.33 bits per heavy atom. The van der Waals surface area contributed by atoms with Crippen LogP contribution >= 0.6 is 0 Å². The van der Waals surface area contributed by atoms with Gasteiger partial charge >= 0.3 is 0 Å². The Kier molecular flexibility index (Phi) is 5.44. The average Bonchev–Trinajstić information content (AvgIpc) is 2.67. The summed E-state index contributed by atoms with van der Waals surface area (Å²) in [6, 6.07) is 10.9. The molecular weight excluding hydrogens is 385 g/mol. The number of aliphatic hydroxyl groups is 1. The Morgan fingerprint density at radius 2 is 1.73 bits per heavy atom. The second kappa shape index (κ2) is 7.58. The van der Waals surface area contributed by atoms with Crippen LogP contribution in [0, 0.1) is 17.1 Å². The van der Waals surface area contributed by atoms with E-state index in [1.165, 1.54) is 12.1 Å². The van der Waals surface area contributed by atoms with Gasteiger partial charge in [0.1, 0.15) is 40.3 Å². The van der Waals surface area contributed by atoms with Gasteiger partial charge in [-0.3, -0.25) is 4.79 Å². The molecule has 2 aromatic rings. The third kappa shape index (κ3) is 3.81. The van der Waals surface area contributed by atoms with Crippen LogP contribution < -0.4 is 4.74 Å². The Bertz CT molecular complexity index is 1090. The van der Waals surface area contributed by atoms with Gasteiger partial charge in [0.05, 0.1) is 11.1 Å². The number of halogens is 1. The molecule has 0 saturated heterocycles. The van der Waals surface area contributed by atoms with Crippen molar-refractivity contribution in [2.75, 3.05) is 0 Å². The number of aryl methyl sites for hydroxylation is 1. The molecule has 0 bridgehead atoms. The third-order valence-corrected chi connectivity index (χ3v) is 5.12. The van der Waals surface area contributed by atoms with Crippen LogP contribution in [-0.2, 0) is 16.0 Å². The lowest BCUT2D eigenvalue weighted by molar-refractivity contribution is -0.158. The van der Waals surface area contributed by atoms with E-state index in [0.29, 0.717) is 17.7 Å². The molecule has 0 atom stereocenters. The average molecular weight is 409 g/mol. The van der Waals surface area contributed by atoms with E-state index in [1.807, 2.05) is 13.0 Å². The van der Waals surface area contributed by atoms with Gasteiger partial charge in [-0.2, -0.15) is 5.26 Å². The molecule has 30 heavy (non-hydrogen) atoms. The second-order valence-corrected chi connectivity index (χ2v) is 8.20. The lowest BCUT2D eigenvalue weighted by Crippen LogP contribution is -2.49. The van der Waals surface area contributed by atoms with Crippen LogP contribution in [0.15, 0.2) is 42.2 Å². The first-order chi connectivity index (χ1) is 14.0. The smallest absolute Gasteiger partial charge is 0.198 e. The summed E-state index contributed by atoms with van der Waals surface area (Å²) in [6.45, 7) is 8.72. The first kappa shape index (κ1) is 21.5. The number of carbonyl (C=O) groups is 1. The molecule has 3 rings (SSSR count). The molecule has 156 valence electrons. The number of aliphatic hydroxyl groups excluding tert-OH is 1. The first-order valence-electron chi connectivity index (χ1n) is 9.69. The van der Waals surface area contributed by atoms with Crippen LogP contribution in [0.2, 0.25) is 0 Å². The molecular formula is C24H24FNO4. The minimum absolute atomic E-state index is 0.0725. The second-order valence-electron chi connectivity index (χ2n) is 8.20. The number of hydrogen-bond acceptors (Lipinski definition) is 5. The maximum Gasteiger partial charge on any atom is 0.198 e. The number of nitriles is 1. The third-order valence-electron chi connectivity index (χ3n) is 5.12. The molecule has 0 amide bonds. The standard InChI is InChI=1S/C24H24FNO4/c1-6-14-7-9-16(29-17-10-8-15(13-26)19(25)12-17)11-18(14)20-21(27)23(2,3)30-24(4,5)22(20)28/h7-12,27H,6H2,1-5H3. The van der Waals surface area contributed by atoms with Crippen LogP contribution in [0.3, 0.4) is 0 Å². The zero-order valence-corrected chi connectivity index (χ0v) is 17.7. The van der Waals surface area contributed by atoms with E-state index in [-0.39, 0.29) is 28.4 Å². The van der Waals surface area contributed by atoms with E-state index in [2.05, 4.69) is 0 Å². The molecule has 1 heterocycles. The molecule has 2 aromatic carbocycles. The summed E-state index contributed by atoms with van der Waals surface area (Å²) >= 11 is 0. The van der Waals surface area contributed by atoms with Crippen molar-refractivity contribution >= 4 is 11.4 Å². The van der Waals surface area contributed by atoms with Gasteiger partial charge in [0.15, 0.2) is 5.78 Å². The van der Waals surface area contributed by atoms with E-state index in [1.54, 1.807) is 45.9 Å². The van der Waals surface area contributed by atoms with Gasteiger partial charge in [-0.15, -0.1) is 0 Å². The van der Waals surface area contributed by atoms with Gasteiger partial charge in [-0.1, -0.05) is 13.0 Å². The van der Waals surface area contributed by atoms with Crippen molar-refractivity contribution in [3.63, 3.8) is 0 Å². The molecule has 1 N–H and O–H groups in total. The maximum atomic E-state index is 13.9. The Labute approximate surface area is 175 Å². The normalized spacial score (nSPS) is 17.6. The van der Waals surface area contributed by atoms with Crippen molar-refractivity contribution in [2.24, 2.45) is 0 Å². The van der Waals surface area contributed by atoms with Crippen LogP contribution in [0.4, 0.5) is 4.39 Å². The van der Waals surface area contributed by atoms with E-state index in [4.69, 9.17) is 14.7 Å². The number of rotatable bonds is 4. The zero-order valence-electron chi connectivity index (χ0n) is 17.7. The predicted octanol–water partition coefficient (Wildman–Crippen LogP) is 5.48. The summed E-state index contributed by atoms with van der Waals surface area (Å²) in [7, 11) is 0. The lowest BCUT2D eigenvalue weighted by atomic mass is 9.81. The largest absolute Gasteiger partial charge is 0.508 e. The maximum absolute atomic E-state index is 13.9. The fourth-order valence-electron chi connectivity index (χ4n) is 3.64. The van der Waals surface area contributed by atoms with E-state index in [0.717, 1.165) is 11.6 Å². The van der Waals surface area contributed by atoms with E-state index < -0.39 is 17.0 Å². The highest BCUT2D eigenvalue weighted by atomic mass is 19.1. The fourth-order valence-corrected chi connectivity index (χ4v) is 3.64. The van der Waals surface area contributed by atoms with Crippen molar-refractivity contribution in [1.29, 1.82) is 5.26 Å². The number of nitrogens with zero attached hydrogens (tertiary/aromatic N) is 1. The van der Waals surface area contributed by atoms with Crippen molar-refractivity contribution in [3.05, 3.63) is 64.7 Å². The number of ether oxygens (including phenoxy) is 2. The summed E-state index contributed by atoms with van der Waals surface area (Å²) < 4.78 is 25.5. The van der Waals surface area contributed by atoms with E-state index >= 15 is 0 Å². The molecule has 6 heteroatoms. The summed E-state index contributed by atoms with van der Waals surface area (Å²) in [6.07, 6.45) is 0.632. The van der Waals surface area contributed by atoms with Crippen LogP contribution in [0.5, 0.6) is 11.5 Å². The van der Waals surface area contributed by atoms with Gasteiger partial charge in [-0.05, 0) is 69.5 Å². The van der Waals surface area contributed by atoms with Crippen molar-refractivity contribution in [2.45, 2.75) is 52.2 Å².